The monoisotopic (exact) mass is 353 g/mol. The summed E-state index contributed by atoms with van der Waals surface area (Å²) in [4.78, 5) is 19.3. The molecule has 0 amide bonds. The minimum absolute atomic E-state index is 0.0597. The van der Waals surface area contributed by atoms with Crippen LogP contribution in [0.2, 0.25) is 5.02 Å². The van der Waals surface area contributed by atoms with E-state index < -0.39 is 4.92 Å². The van der Waals surface area contributed by atoms with Gasteiger partial charge in [-0.1, -0.05) is 11.6 Å². The van der Waals surface area contributed by atoms with Gasteiger partial charge in [0.1, 0.15) is 0 Å². The molecule has 0 saturated heterocycles. The molecule has 0 saturated carbocycles. The summed E-state index contributed by atoms with van der Waals surface area (Å²) in [7, 11) is 0. The van der Waals surface area contributed by atoms with E-state index in [1.165, 1.54) is 12.1 Å². The van der Waals surface area contributed by atoms with Crippen molar-refractivity contribution in [3.8, 4) is 16.9 Å². The van der Waals surface area contributed by atoms with E-state index in [1.807, 2.05) is 35.8 Å². The zero-order valence-corrected chi connectivity index (χ0v) is 13.9. The van der Waals surface area contributed by atoms with Crippen molar-refractivity contribution in [1.29, 1.82) is 0 Å². The highest BCUT2D eigenvalue weighted by Gasteiger charge is 2.17. The Labute approximate surface area is 147 Å². The number of halogens is 1. The Morgan fingerprint density at radius 2 is 2.08 bits per heavy atom. The number of nitro groups is 1. The molecule has 3 aromatic heterocycles. The first-order valence-corrected chi connectivity index (χ1v) is 7.84. The van der Waals surface area contributed by atoms with Crippen LogP contribution in [0.15, 0.2) is 55.1 Å². The molecular weight excluding hydrogens is 342 g/mol. The first kappa shape index (κ1) is 15.3. The lowest BCUT2D eigenvalue weighted by Gasteiger charge is -2.12. The van der Waals surface area contributed by atoms with Crippen LogP contribution in [-0.4, -0.2) is 24.1 Å². The van der Waals surface area contributed by atoms with E-state index in [1.54, 1.807) is 23.3 Å². The van der Waals surface area contributed by atoms with Crippen LogP contribution in [0.25, 0.3) is 22.6 Å². The van der Waals surface area contributed by atoms with Crippen LogP contribution in [0.4, 0.5) is 5.69 Å². The van der Waals surface area contributed by atoms with Crippen molar-refractivity contribution in [2.45, 2.75) is 6.92 Å². The van der Waals surface area contributed by atoms with Crippen molar-refractivity contribution in [2.75, 3.05) is 0 Å². The van der Waals surface area contributed by atoms with E-state index in [0.29, 0.717) is 10.7 Å². The molecule has 0 fully saturated rings. The summed E-state index contributed by atoms with van der Waals surface area (Å²) in [5.74, 6) is 0. The van der Waals surface area contributed by atoms with Gasteiger partial charge in [0, 0.05) is 42.4 Å². The molecule has 0 atom stereocenters. The van der Waals surface area contributed by atoms with Gasteiger partial charge in [-0.05, 0) is 24.6 Å². The number of hydrogen-bond donors (Lipinski definition) is 0. The normalized spacial score (nSPS) is 11.1. The third kappa shape index (κ3) is 2.45. The molecule has 0 aliphatic heterocycles. The predicted octanol–water partition coefficient (Wildman–Crippen LogP) is 4.06. The molecule has 4 aromatic rings. The first-order valence-electron chi connectivity index (χ1n) is 7.46. The number of nitro benzene ring substituents is 1. The van der Waals surface area contributed by atoms with Gasteiger partial charge in [0.25, 0.3) is 5.69 Å². The van der Waals surface area contributed by atoms with Crippen molar-refractivity contribution in [2.24, 2.45) is 0 Å². The van der Waals surface area contributed by atoms with Crippen LogP contribution in [-0.2, 0) is 0 Å². The van der Waals surface area contributed by atoms with E-state index in [4.69, 9.17) is 11.6 Å². The zero-order chi connectivity index (χ0) is 17.6. The third-order valence-electron chi connectivity index (χ3n) is 4.06. The largest absolute Gasteiger partial charge is 0.273 e. The number of hydrogen-bond acceptors (Lipinski definition) is 4. The van der Waals surface area contributed by atoms with E-state index >= 15 is 0 Å². The molecule has 0 spiro atoms. The minimum Gasteiger partial charge on any atom is -0.264 e. The Bertz CT molecular complexity index is 1100. The summed E-state index contributed by atoms with van der Waals surface area (Å²) in [6.07, 6.45) is 7.00. The number of benzene rings is 1. The fraction of sp³-hybridized carbons (Fsp3) is 0.0588. The lowest BCUT2D eigenvalue weighted by molar-refractivity contribution is -0.384. The summed E-state index contributed by atoms with van der Waals surface area (Å²) in [6, 6.07) is 8.48. The quantitative estimate of drug-likeness (QED) is 0.411. The predicted molar refractivity (Wildman–Crippen MR) is 94.2 cm³/mol. The van der Waals surface area contributed by atoms with Crippen LogP contribution >= 0.6 is 11.6 Å². The highest BCUT2D eigenvalue weighted by Crippen LogP contribution is 2.30. The van der Waals surface area contributed by atoms with Crippen LogP contribution in [0.1, 0.15) is 5.56 Å². The van der Waals surface area contributed by atoms with Gasteiger partial charge >= 0.3 is 0 Å². The molecule has 8 heteroatoms. The van der Waals surface area contributed by atoms with Crippen LogP contribution in [0, 0.1) is 17.0 Å². The summed E-state index contributed by atoms with van der Waals surface area (Å²) < 4.78 is 3.68. The molecule has 0 aliphatic rings. The molecule has 0 radical (unpaired) electrons. The van der Waals surface area contributed by atoms with Crippen molar-refractivity contribution >= 4 is 22.9 Å². The standard InChI is InChI=1S/C17H12ClN5O2/c1-11-14(18)7-13(23(24)25)8-15(11)21-6-4-17-20-10-16(22(17)21)12-3-2-5-19-9-12/h2-10H,1H3. The number of rotatable bonds is 3. The fourth-order valence-corrected chi connectivity index (χ4v) is 3.01. The Balaban J connectivity index is 2.00. The average molecular weight is 354 g/mol. The number of non-ortho nitro benzene ring substituents is 1. The third-order valence-corrected chi connectivity index (χ3v) is 4.45. The lowest BCUT2D eigenvalue weighted by Crippen LogP contribution is -2.06. The Hall–Kier alpha value is -3.19. The Kier molecular flexibility index (Phi) is 3.51. The maximum absolute atomic E-state index is 11.2. The zero-order valence-electron chi connectivity index (χ0n) is 13.1. The molecule has 0 N–H and O–H groups in total. The van der Waals surface area contributed by atoms with Crippen molar-refractivity contribution in [1.82, 2.24) is 19.2 Å². The topological polar surface area (TPSA) is 78.3 Å². The van der Waals surface area contributed by atoms with Gasteiger partial charge in [0.15, 0.2) is 5.65 Å². The SMILES string of the molecule is Cc1c(Cl)cc([N+](=O)[O-])cc1-n1ccc2ncc(-c3cccnc3)n21. The van der Waals surface area contributed by atoms with E-state index in [2.05, 4.69) is 9.97 Å². The second-order valence-electron chi connectivity index (χ2n) is 5.54. The highest BCUT2D eigenvalue weighted by molar-refractivity contribution is 6.31. The smallest absolute Gasteiger partial charge is 0.264 e. The summed E-state index contributed by atoms with van der Waals surface area (Å²) >= 11 is 6.21. The molecule has 7 nitrogen and oxygen atoms in total. The molecule has 0 unspecified atom stereocenters. The number of fused-ring (bicyclic) bond motifs is 1. The van der Waals surface area contributed by atoms with Crippen molar-refractivity contribution in [3.05, 3.63) is 75.8 Å². The van der Waals surface area contributed by atoms with Gasteiger partial charge in [0.05, 0.1) is 27.5 Å². The number of imidazole rings is 1. The lowest BCUT2D eigenvalue weighted by atomic mass is 10.2. The van der Waals surface area contributed by atoms with Crippen LogP contribution in [0.3, 0.4) is 0 Å². The molecule has 4 rings (SSSR count). The molecule has 1 aromatic carbocycles. The van der Waals surface area contributed by atoms with Gasteiger partial charge in [0.2, 0.25) is 0 Å². The highest BCUT2D eigenvalue weighted by atomic mass is 35.5. The molecule has 25 heavy (non-hydrogen) atoms. The molecule has 3 heterocycles. The van der Waals surface area contributed by atoms with Crippen molar-refractivity contribution in [3.63, 3.8) is 0 Å². The molecule has 124 valence electrons. The van der Waals surface area contributed by atoms with Crippen LogP contribution < -0.4 is 0 Å². The van der Waals surface area contributed by atoms with Crippen LogP contribution in [0.5, 0.6) is 0 Å². The van der Waals surface area contributed by atoms with E-state index in [-0.39, 0.29) is 5.69 Å². The summed E-state index contributed by atoms with van der Waals surface area (Å²) in [6.45, 7) is 1.83. The summed E-state index contributed by atoms with van der Waals surface area (Å²) in [5, 5.41) is 11.5. The average Bonchev–Trinajstić information content (AvgIpc) is 3.20. The maximum Gasteiger partial charge on any atom is 0.273 e. The first-order chi connectivity index (χ1) is 12.1. The number of pyridine rings is 1. The van der Waals surface area contributed by atoms with Gasteiger partial charge < -0.3 is 0 Å². The van der Waals surface area contributed by atoms with Gasteiger partial charge in [-0.25, -0.2) is 9.50 Å². The number of aromatic nitrogens is 4. The summed E-state index contributed by atoms with van der Waals surface area (Å²) in [5.41, 5.74) is 3.75. The second kappa shape index (κ2) is 5.71. The Morgan fingerprint density at radius 1 is 1.24 bits per heavy atom. The number of nitrogens with zero attached hydrogens (tertiary/aromatic N) is 5. The van der Waals surface area contributed by atoms with Gasteiger partial charge in [-0.3, -0.25) is 19.8 Å². The van der Waals surface area contributed by atoms with Crippen molar-refractivity contribution < 1.29 is 4.92 Å². The molecule has 0 bridgehead atoms. The minimum atomic E-state index is -0.453. The Morgan fingerprint density at radius 3 is 2.80 bits per heavy atom. The molecular formula is C17H12ClN5O2. The molecule has 0 aliphatic carbocycles. The van der Waals surface area contributed by atoms with E-state index in [9.17, 15) is 10.1 Å². The van der Waals surface area contributed by atoms with E-state index in [0.717, 1.165) is 22.5 Å². The fourth-order valence-electron chi connectivity index (χ4n) is 2.80. The maximum atomic E-state index is 11.2. The second-order valence-corrected chi connectivity index (χ2v) is 5.95. The van der Waals surface area contributed by atoms with Gasteiger partial charge in [-0.2, -0.15) is 0 Å². The van der Waals surface area contributed by atoms with Gasteiger partial charge in [-0.15, -0.1) is 0 Å².